The van der Waals surface area contributed by atoms with E-state index in [4.69, 9.17) is 5.73 Å². The van der Waals surface area contributed by atoms with Gasteiger partial charge in [-0.05, 0) is 12.8 Å². The lowest BCUT2D eigenvalue weighted by Gasteiger charge is -1.98. The Morgan fingerprint density at radius 2 is 1.69 bits per heavy atom. The zero-order valence-electron chi connectivity index (χ0n) is 7.95. The number of sulfone groups is 1. The molecule has 0 saturated heterocycles. The Balaban J connectivity index is 3.23. The van der Waals surface area contributed by atoms with Gasteiger partial charge in [-0.25, -0.2) is 8.42 Å². The average Bonchev–Trinajstić information content (AvgIpc) is 1.93. The van der Waals surface area contributed by atoms with Gasteiger partial charge in [0.15, 0.2) is 0 Å². The van der Waals surface area contributed by atoms with Crippen LogP contribution in [0.2, 0.25) is 0 Å². The third kappa shape index (κ3) is 11.4. The van der Waals surface area contributed by atoms with E-state index in [1.807, 2.05) is 0 Å². The Kier molecular flexibility index (Phi) is 5.70. The highest BCUT2D eigenvalue weighted by atomic mass is 32.2. The van der Waals surface area contributed by atoms with Gasteiger partial charge in [-0.2, -0.15) is 0 Å². The fourth-order valence-corrected chi connectivity index (χ4v) is 1.75. The molecule has 4 nitrogen and oxygen atoms in total. The first-order valence-electron chi connectivity index (χ1n) is 4.38. The van der Waals surface area contributed by atoms with Gasteiger partial charge in [0.25, 0.3) is 0 Å². The minimum Gasteiger partial charge on any atom is -0.370 e. The molecule has 13 heavy (non-hydrogen) atoms. The van der Waals surface area contributed by atoms with Crippen molar-refractivity contribution in [2.75, 3.05) is 12.0 Å². The summed E-state index contributed by atoms with van der Waals surface area (Å²) < 4.78 is 21.4. The van der Waals surface area contributed by atoms with Crippen molar-refractivity contribution in [3.63, 3.8) is 0 Å². The van der Waals surface area contributed by atoms with E-state index in [1.54, 1.807) is 0 Å². The number of carbonyl (C=O) groups excluding carboxylic acids is 1. The van der Waals surface area contributed by atoms with E-state index in [1.165, 1.54) is 6.26 Å². The van der Waals surface area contributed by atoms with Crippen LogP contribution in [0.5, 0.6) is 0 Å². The number of unbranched alkanes of at least 4 members (excludes halogenated alkanes) is 3. The number of nitrogens with two attached hydrogens (primary N) is 1. The third-order valence-corrected chi connectivity index (χ3v) is 2.72. The molecular formula is C8H17NO3S. The van der Waals surface area contributed by atoms with Crippen molar-refractivity contribution >= 4 is 15.7 Å². The van der Waals surface area contributed by atoms with E-state index in [0.717, 1.165) is 19.3 Å². The number of hydrogen-bond donors (Lipinski definition) is 1. The van der Waals surface area contributed by atoms with E-state index in [-0.39, 0.29) is 11.7 Å². The molecule has 2 N–H and O–H groups in total. The van der Waals surface area contributed by atoms with Gasteiger partial charge in [-0.3, -0.25) is 4.79 Å². The fourth-order valence-electron chi connectivity index (χ4n) is 1.02. The number of primary amides is 1. The van der Waals surface area contributed by atoms with Crippen LogP contribution in [0.25, 0.3) is 0 Å². The summed E-state index contributed by atoms with van der Waals surface area (Å²) in [7, 11) is -2.82. The topological polar surface area (TPSA) is 77.2 Å². The van der Waals surface area contributed by atoms with Crippen LogP contribution < -0.4 is 5.73 Å². The lowest BCUT2D eigenvalue weighted by molar-refractivity contribution is -0.118. The van der Waals surface area contributed by atoms with E-state index >= 15 is 0 Å². The summed E-state index contributed by atoms with van der Waals surface area (Å²) in [6.07, 6.45) is 4.80. The predicted molar refractivity (Wildman–Crippen MR) is 52.0 cm³/mol. The Morgan fingerprint density at radius 3 is 2.15 bits per heavy atom. The van der Waals surface area contributed by atoms with Crippen molar-refractivity contribution in [1.29, 1.82) is 0 Å². The molecule has 78 valence electrons. The van der Waals surface area contributed by atoms with E-state index in [9.17, 15) is 13.2 Å². The summed E-state index contributed by atoms with van der Waals surface area (Å²) in [4.78, 5) is 10.3. The molecule has 0 bridgehead atoms. The van der Waals surface area contributed by atoms with Crippen LogP contribution in [0.4, 0.5) is 0 Å². The van der Waals surface area contributed by atoms with Crippen LogP contribution >= 0.6 is 0 Å². The third-order valence-electron chi connectivity index (χ3n) is 1.69. The summed E-state index contributed by atoms with van der Waals surface area (Å²) in [5, 5.41) is 0. The quantitative estimate of drug-likeness (QED) is 0.616. The SMILES string of the molecule is CS(=O)(=O)CCCCCCC(N)=O. The zero-order chi connectivity index (χ0) is 10.3. The lowest BCUT2D eigenvalue weighted by atomic mass is 10.1. The number of rotatable bonds is 7. The Morgan fingerprint density at radius 1 is 1.15 bits per heavy atom. The molecule has 0 atom stereocenters. The average molecular weight is 207 g/mol. The summed E-state index contributed by atoms with van der Waals surface area (Å²) in [6.45, 7) is 0. The fraction of sp³-hybridized carbons (Fsp3) is 0.875. The molecule has 0 unspecified atom stereocenters. The first kappa shape index (κ1) is 12.4. The van der Waals surface area contributed by atoms with Crippen molar-refractivity contribution in [3.8, 4) is 0 Å². The Bertz CT molecular complexity index is 246. The van der Waals surface area contributed by atoms with E-state index in [0.29, 0.717) is 12.8 Å². The van der Waals surface area contributed by atoms with Crippen molar-refractivity contribution in [2.45, 2.75) is 32.1 Å². The zero-order valence-corrected chi connectivity index (χ0v) is 8.77. The highest BCUT2D eigenvalue weighted by Gasteiger charge is 2.01. The highest BCUT2D eigenvalue weighted by molar-refractivity contribution is 7.90. The second-order valence-electron chi connectivity index (χ2n) is 3.26. The van der Waals surface area contributed by atoms with Crippen LogP contribution in [0.3, 0.4) is 0 Å². The molecule has 0 fully saturated rings. The summed E-state index contributed by atoms with van der Waals surface area (Å²) >= 11 is 0. The summed E-state index contributed by atoms with van der Waals surface area (Å²) in [6, 6.07) is 0. The van der Waals surface area contributed by atoms with Gasteiger partial charge >= 0.3 is 0 Å². The number of carbonyl (C=O) groups is 1. The van der Waals surface area contributed by atoms with Gasteiger partial charge in [0.1, 0.15) is 9.84 Å². The molecule has 0 spiro atoms. The lowest BCUT2D eigenvalue weighted by Crippen LogP contribution is -2.09. The maximum atomic E-state index is 10.7. The van der Waals surface area contributed by atoms with E-state index in [2.05, 4.69) is 0 Å². The highest BCUT2D eigenvalue weighted by Crippen LogP contribution is 2.03. The molecule has 0 aliphatic heterocycles. The summed E-state index contributed by atoms with van der Waals surface area (Å²) in [5.74, 6) is -0.0491. The normalized spacial score (nSPS) is 11.5. The van der Waals surface area contributed by atoms with Crippen molar-refractivity contribution in [2.24, 2.45) is 5.73 Å². The smallest absolute Gasteiger partial charge is 0.217 e. The largest absolute Gasteiger partial charge is 0.370 e. The molecule has 1 amide bonds. The molecule has 0 radical (unpaired) electrons. The van der Waals surface area contributed by atoms with Gasteiger partial charge in [0.05, 0.1) is 0 Å². The molecule has 5 heteroatoms. The van der Waals surface area contributed by atoms with Crippen LogP contribution in [-0.4, -0.2) is 26.3 Å². The van der Waals surface area contributed by atoms with Gasteiger partial charge in [-0.15, -0.1) is 0 Å². The monoisotopic (exact) mass is 207 g/mol. The first-order valence-corrected chi connectivity index (χ1v) is 6.44. The van der Waals surface area contributed by atoms with Crippen LogP contribution in [-0.2, 0) is 14.6 Å². The Labute approximate surface area is 79.4 Å². The molecule has 0 aromatic heterocycles. The molecule has 0 aliphatic carbocycles. The van der Waals surface area contributed by atoms with Crippen LogP contribution in [0.1, 0.15) is 32.1 Å². The van der Waals surface area contributed by atoms with Crippen molar-refractivity contribution in [1.82, 2.24) is 0 Å². The molecule has 0 saturated carbocycles. The molecule has 0 aromatic rings. The van der Waals surface area contributed by atoms with Gasteiger partial charge < -0.3 is 5.73 Å². The van der Waals surface area contributed by atoms with E-state index < -0.39 is 9.84 Å². The molecule has 0 aliphatic rings. The number of hydrogen-bond acceptors (Lipinski definition) is 3. The molecule has 0 heterocycles. The maximum Gasteiger partial charge on any atom is 0.217 e. The second-order valence-corrected chi connectivity index (χ2v) is 5.52. The van der Waals surface area contributed by atoms with Crippen molar-refractivity contribution in [3.05, 3.63) is 0 Å². The minimum absolute atomic E-state index is 0.240. The maximum absolute atomic E-state index is 10.7. The van der Waals surface area contributed by atoms with Gasteiger partial charge in [0.2, 0.25) is 5.91 Å². The standard InChI is InChI=1S/C8H17NO3S/c1-13(11,12)7-5-3-2-4-6-8(9)10/h2-7H2,1H3,(H2,9,10). The van der Waals surface area contributed by atoms with Crippen LogP contribution in [0.15, 0.2) is 0 Å². The molecule has 0 aromatic carbocycles. The van der Waals surface area contributed by atoms with Gasteiger partial charge in [0, 0.05) is 18.4 Å². The summed E-state index contributed by atoms with van der Waals surface area (Å²) in [5.41, 5.74) is 4.94. The van der Waals surface area contributed by atoms with Gasteiger partial charge in [-0.1, -0.05) is 12.8 Å². The van der Waals surface area contributed by atoms with Crippen molar-refractivity contribution < 1.29 is 13.2 Å². The number of amides is 1. The minimum atomic E-state index is -2.82. The van der Waals surface area contributed by atoms with Crippen LogP contribution in [0, 0.1) is 0 Å². The molecule has 0 rings (SSSR count). The first-order chi connectivity index (χ1) is 5.92. The Hall–Kier alpha value is -0.580. The molecular weight excluding hydrogens is 190 g/mol. The second kappa shape index (κ2) is 5.96. The predicted octanol–water partition coefficient (Wildman–Crippen LogP) is 0.467.